The van der Waals surface area contributed by atoms with Gasteiger partial charge in [0.05, 0.1) is 0 Å². The highest BCUT2D eigenvalue weighted by atomic mass is 19.1. The van der Waals surface area contributed by atoms with Crippen molar-refractivity contribution in [2.75, 3.05) is 28.2 Å². The predicted molar refractivity (Wildman–Crippen MR) is 94.5 cm³/mol. The van der Waals surface area contributed by atoms with Crippen LogP contribution in [0.25, 0.3) is 0 Å². The lowest BCUT2D eigenvalue weighted by atomic mass is 10.1. The van der Waals surface area contributed by atoms with Crippen LogP contribution in [-0.4, -0.2) is 43.2 Å². The van der Waals surface area contributed by atoms with Crippen LogP contribution in [0.4, 0.5) is 4.39 Å². The number of rotatable bonds is 4. The van der Waals surface area contributed by atoms with Crippen molar-refractivity contribution in [3.05, 3.63) is 64.7 Å². The molecule has 0 atom stereocenters. The van der Waals surface area contributed by atoms with E-state index in [-0.39, 0.29) is 5.82 Å². The fourth-order valence-electron chi connectivity index (χ4n) is 2.26. The Balaban J connectivity index is 0.000000240. The maximum absolute atomic E-state index is 12.8. The zero-order valence-corrected chi connectivity index (χ0v) is 15.5. The normalized spacial score (nSPS) is 10.7. The maximum Gasteiger partial charge on any atom is 0.227 e. The van der Waals surface area contributed by atoms with Gasteiger partial charge in [-0.1, -0.05) is 6.07 Å². The first-order valence-electron chi connectivity index (χ1n) is 7.93. The molecule has 1 N–H and O–H groups in total. The van der Waals surface area contributed by atoms with Crippen LogP contribution in [0.15, 0.2) is 36.7 Å². The molecule has 1 aromatic carbocycles. The van der Waals surface area contributed by atoms with Gasteiger partial charge in [-0.2, -0.15) is 0 Å². The third kappa shape index (κ3) is 7.06. The Bertz CT molecular complexity index is 600. The van der Waals surface area contributed by atoms with Crippen LogP contribution in [0.5, 0.6) is 0 Å². The molecule has 0 fully saturated rings. The van der Waals surface area contributed by atoms with Gasteiger partial charge in [-0.3, -0.25) is 5.21 Å². The van der Waals surface area contributed by atoms with E-state index >= 15 is 0 Å². The average Bonchev–Trinajstić information content (AvgIpc) is 2.46. The molecule has 1 aromatic heterocycles. The van der Waals surface area contributed by atoms with Crippen LogP contribution in [0.2, 0.25) is 0 Å². The highest BCUT2D eigenvalue weighted by molar-refractivity contribution is 5.26. The minimum absolute atomic E-state index is 0.155. The Kier molecular flexibility index (Phi) is 7.82. The third-order valence-corrected chi connectivity index (χ3v) is 3.56. The molecule has 0 spiro atoms. The van der Waals surface area contributed by atoms with E-state index in [9.17, 15) is 4.39 Å². The van der Waals surface area contributed by atoms with Gasteiger partial charge in [-0.25, -0.2) is 4.39 Å². The molecular weight excluding hydrogens is 305 g/mol. The van der Waals surface area contributed by atoms with E-state index in [0.29, 0.717) is 0 Å². The van der Waals surface area contributed by atoms with Gasteiger partial charge in [0.25, 0.3) is 0 Å². The molecule has 1 heterocycles. The minimum atomic E-state index is -0.155. The number of benzene rings is 1. The first-order chi connectivity index (χ1) is 11.2. The Morgan fingerprint density at radius 1 is 0.917 bits per heavy atom. The van der Waals surface area contributed by atoms with Crippen LogP contribution in [0.1, 0.15) is 22.3 Å². The van der Waals surface area contributed by atoms with Crippen molar-refractivity contribution in [1.82, 2.24) is 9.80 Å². The molecule has 4 nitrogen and oxygen atoms in total. The topological polar surface area (TPSA) is 30.6 Å². The lowest BCUT2D eigenvalue weighted by molar-refractivity contribution is -0.905. The van der Waals surface area contributed by atoms with E-state index in [1.165, 1.54) is 11.6 Å². The van der Waals surface area contributed by atoms with Gasteiger partial charge >= 0.3 is 0 Å². The minimum Gasteiger partial charge on any atom is -0.305 e. The standard InChI is InChI=1S/C10H14FN.C9H15N2O/c1-8-4-5-10(11)6-9(8)7-12(2)3;1-8-4-5-11(12)7-9(8)6-10(2)3/h4-6H,7H2,1-3H3;4-5,7,12H,6H2,1-3H3/q;+1. The van der Waals surface area contributed by atoms with Gasteiger partial charge in [0.2, 0.25) is 12.4 Å². The lowest BCUT2D eigenvalue weighted by Gasteiger charge is -2.11. The summed E-state index contributed by atoms with van der Waals surface area (Å²) in [6, 6.07) is 6.80. The van der Waals surface area contributed by atoms with Gasteiger partial charge in [0.1, 0.15) is 5.82 Å². The molecule has 0 radical (unpaired) electrons. The summed E-state index contributed by atoms with van der Waals surface area (Å²) < 4.78 is 13.9. The van der Waals surface area contributed by atoms with Crippen LogP contribution in [0, 0.1) is 19.7 Å². The van der Waals surface area contributed by atoms with E-state index in [4.69, 9.17) is 5.21 Å². The number of nitrogens with zero attached hydrogens (tertiary/aromatic N) is 3. The molecule has 2 rings (SSSR count). The molecule has 24 heavy (non-hydrogen) atoms. The predicted octanol–water partition coefficient (Wildman–Crippen LogP) is 2.78. The largest absolute Gasteiger partial charge is 0.305 e. The van der Waals surface area contributed by atoms with Crippen LogP contribution < -0.4 is 4.73 Å². The average molecular weight is 334 g/mol. The number of aryl methyl sites for hydroxylation is 2. The summed E-state index contributed by atoms with van der Waals surface area (Å²) in [5.41, 5.74) is 4.55. The van der Waals surface area contributed by atoms with Crippen molar-refractivity contribution in [2.45, 2.75) is 26.9 Å². The second kappa shape index (κ2) is 9.35. The van der Waals surface area contributed by atoms with Gasteiger partial charge in [0.15, 0.2) is 0 Å². The number of halogens is 1. The Labute approximate surface area is 144 Å². The monoisotopic (exact) mass is 334 g/mol. The van der Waals surface area contributed by atoms with E-state index in [0.717, 1.165) is 34.5 Å². The molecule has 5 heteroatoms. The molecule has 0 saturated heterocycles. The molecule has 132 valence electrons. The Morgan fingerprint density at radius 3 is 2.04 bits per heavy atom. The Morgan fingerprint density at radius 2 is 1.46 bits per heavy atom. The second-order valence-electron chi connectivity index (χ2n) is 6.58. The van der Waals surface area contributed by atoms with E-state index < -0.39 is 0 Å². The molecule has 0 aliphatic heterocycles. The van der Waals surface area contributed by atoms with Crippen LogP contribution >= 0.6 is 0 Å². The first kappa shape index (κ1) is 20.1. The molecule has 0 bridgehead atoms. The summed E-state index contributed by atoms with van der Waals surface area (Å²) in [7, 11) is 7.97. The van der Waals surface area contributed by atoms with Crippen molar-refractivity contribution >= 4 is 0 Å². The fraction of sp³-hybridized carbons (Fsp3) is 0.421. The third-order valence-electron chi connectivity index (χ3n) is 3.56. The first-order valence-corrected chi connectivity index (χ1v) is 7.93. The zero-order valence-electron chi connectivity index (χ0n) is 15.5. The van der Waals surface area contributed by atoms with Gasteiger partial charge < -0.3 is 9.80 Å². The number of pyridine rings is 1. The van der Waals surface area contributed by atoms with E-state index in [1.54, 1.807) is 18.5 Å². The van der Waals surface area contributed by atoms with Gasteiger partial charge in [-0.15, -0.1) is 0 Å². The summed E-state index contributed by atoms with van der Waals surface area (Å²) >= 11 is 0. The summed E-state index contributed by atoms with van der Waals surface area (Å²) in [6.45, 7) is 5.69. The number of hydrogen-bond acceptors (Lipinski definition) is 3. The Hall–Kier alpha value is -1.98. The highest BCUT2D eigenvalue weighted by Gasteiger charge is 2.05. The molecule has 0 amide bonds. The molecule has 0 aliphatic rings. The summed E-state index contributed by atoms with van der Waals surface area (Å²) in [5.74, 6) is -0.155. The fourth-order valence-corrected chi connectivity index (χ4v) is 2.26. The van der Waals surface area contributed by atoms with Crippen molar-refractivity contribution in [3.63, 3.8) is 0 Å². The molecule has 0 unspecified atom stereocenters. The molecule has 0 saturated carbocycles. The zero-order chi connectivity index (χ0) is 18.3. The maximum atomic E-state index is 12.8. The van der Waals surface area contributed by atoms with E-state index in [2.05, 4.69) is 4.90 Å². The SMILES string of the molecule is Cc1cc[n+](O)cc1CN(C)C.Cc1ccc(F)cc1CN(C)C. The number of hydrogen-bond donors (Lipinski definition) is 1. The number of aromatic nitrogens is 1. The summed E-state index contributed by atoms with van der Waals surface area (Å²) in [6.07, 6.45) is 3.36. The second-order valence-corrected chi connectivity index (χ2v) is 6.58. The molecule has 0 aliphatic carbocycles. The van der Waals surface area contributed by atoms with Crippen molar-refractivity contribution in [2.24, 2.45) is 0 Å². The quantitative estimate of drug-likeness (QED) is 0.689. The molecular formula is C19H29FN3O+. The smallest absolute Gasteiger partial charge is 0.227 e. The highest BCUT2D eigenvalue weighted by Crippen LogP contribution is 2.11. The summed E-state index contributed by atoms with van der Waals surface area (Å²) in [5, 5.41) is 9.15. The van der Waals surface area contributed by atoms with Crippen LogP contribution in [-0.2, 0) is 13.1 Å². The summed E-state index contributed by atoms with van der Waals surface area (Å²) in [4.78, 5) is 4.10. The van der Waals surface area contributed by atoms with Gasteiger partial charge in [0, 0.05) is 29.4 Å². The van der Waals surface area contributed by atoms with Crippen molar-refractivity contribution in [1.29, 1.82) is 0 Å². The van der Waals surface area contributed by atoms with Crippen LogP contribution in [0.3, 0.4) is 0 Å². The lowest BCUT2D eigenvalue weighted by Crippen LogP contribution is -2.30. The van der Waals surface area contributed by atoms with Crippen molar-refractivity contribution in [3.8, 4) is 0 Å². The van der Waals surface area contributed by atoms with Crippen molar-refractivity contribution < 1.29 is 14.3 Å². The molecule has 2 aromatic rings. The van der Waals surface area contributed by atoms with E-state index in [1.807, 2.05) is 59.1 Å². The van der Waals surface area contributed by atoms with Gasteiger partial charge in [-0.05, 0) is 70.9 Å².